The van der Waals surface area contributed by atoms with Gasteiger partial charge in [0.2, 0.25) is 5.82 Å². The van der Waals surface area contributed by atoms with Gasteiger partial charge >= 0.3 is 0 Å². The van der Waals surface area contributed by atoms with Crippen LogP contribution >= 0.6 is 0 Å². The largest absolute Gasteiger partial charge is 0.207 e. The fourth-order valence-electron chi connectivity index (χ4n) is 2.81. The Morgan fingerprint density at radius 2 is 1.40 bits per heavy atom. The van der Waals surface area contributed by atoms with E-state index in [0.29, 0.717) is 11.4 Å². The quantitative estimate of drug-likeness (QED) is 0.565. The molecule has 0 saturated heterocycles. The number of halogens is 1. The van der Waals surface area contributed by atoms with Gasteiger partial charge in [0.25, 0.3) is 0 Å². The number of benzene rings is 3. The summed E-state index contributed by atoms with van der Waals surface area (Å²) >= 11 is 0. The average molecular weight is 330 g/mol. The van der Waals surface area contributed by atoms with Crippen molar-refractivity contribution in [2.75, 3.05) is 0 Å². The molecule has 1 aromatic heterocycles. The third-order valence-electron chi connectivity index (χ3n) is 3.97. The summed E-state index contributed by atoms with van der Waals surface area (Å²) in [5.41, 5.74) is 2.71. The first-order valence-corrected chi connectivity index (χ1v) is 7.96. The summed E-state index contributed by atoms with van der Waals surface area (Å²) in [5.74, 6) is 0.0767. The van der Waals surface area contributed by atoms with E-state index in [4.69, 9.17) is 0 Å². The zero-order valence-corrected chi connectivity index (χ0v) is 13.3. The molecule has 5 heteroatoms. The first-order valence-electron chi connectivity index (χ1n) is 7.96. The van der Waals surface area contributed by atoms with Crippen LogP contribution in [-0.2, 0) is 0 Å². The molecule has 4 aromatic rings. The number of tetrazole rings is 1. The fourth-order valence-corrected chi connectivity index (χ4v) is 2.81. The van der Waals surface area contributed by atoms with Gasteiger partial charge in [0.15, 0.2) is 0 Å². The molecule has 0 saturated carbocycles. The molecule has 0 spiro atoms. The van der Waals surface area contributed by atoms with E-state index in [9.17, 15) is 4.39 Å². The Balaban J connectivity index is 1.79. The Morgan fingerprint density at radius 1 is 0.760 bits per heavy atom. The zero-order chi connectivity index (χ0) is 17.1. The molecule has 0 aliphatic carbocycles. The van der Waals surface area contributed by atoms with Crippen LogP contribution in [0.3, 0.4) is 0 Å². The average Bonchev–Trinajstić information content (AvgIpc) is 3.13. The number of aromatic nitrogens is 4. The summed E-state index contributed by atoms with van der Waals surface area (Å²) in [5, 5.41) is 12.8. The second-order valence-electron chi connectivity index (χ2n) is 5.67. The predicted octanol–water partition coefficient (Wildman–Crippen LogP) is 4.12. The molecular formula is C20H15FN4. The normalized spacial score (nSPS) is 11.0. The van der Waals surface area contributed by atoms with Gasteiger partial charge < -0.3 is 0 Å². The summed E-state index contributed by atoms with van der Waals surface area (Å²) in [6.07, 6.45) is 0. The van der Waals surface area contributed by atoms with Crippen LogP contribution < -0.4 is 0 Å². The summed E-state index contributed by atoms with van der Waals surface area (Å²) in [7, 11) is 0. The number of hydrogen-bond acceptors (Lipinski definition) is 3. The van der Waals surface area contributed by atoms with Crippen molar-refractivity contribution in [3.63, 3.8) is 0 Å². The second kappa shape index (κ2) is 6.65. The van der Waals surface area contributed by atoms with E-state index >= 15 is 0 Å². The van der Waals surface area contributed by atoms with E-state index in [0.717, 1.165) is 11.1 Å². The lowest BCUT2D eigenvalue weighted by atomic mass is 9.99. The molecular weight excluding hydrogens is 315 g/mol. The van der Waals surface area contributed by atoms with Gasteiger partial charge in [-0.25, -0.2) is 4.39 Å². The van der Waals surface area contributed by atoms with Crippen LogP contribution in [-0.4, -0.2) is 20.2 Å². The van der Waals surface area contributed by atoms with Gasteiger partial charge in [-0.05, 0) is 28.5 Å². The van der Waals surface area contributed by atoms with Crippen LogP contribution in [0.15, 0.2) is 84.9 Å². The summed E-state index contributed by atoms with van der Waals surface area (Å²) < 4.78 is 13.5. The van der Waals surface area contributed by atoms with Crippen molar-refractivity contribution in [1.82, 2.24) is 20.2 Å². The molecule has 0 aliphatic rings. The number of nitrogens with zero attached hydrogens (tertiary/aromatic N) is 4. The zero-order valence-electron chi connectivity index (χ0n) is 13.3. The van der Waals surface area contributed by atoms with Crippen molar-refractivity contribution in [2.24, 2.45) is 0 Å². The highest BCUT2D eigenvalue weighted by molar-refractivity contribution is 5.53. The van der Waals surface area contributed by atoms with E-state index in [1.54, 1.807) is 16.9 Å². The van der Waals surface area contributed by atoms with E-state index in [-0.39, 0.29) is 11.9 Å². The molecule has 122 valence electrons. The molecule has 4 nitrogen and oxygen atoms in total. The molecule has 0 unspecified atom stereocenters. The summed E-state index contributed by atoms with van der Waals surface area (Å²) in [4.78, 5) is 1.57. The van der Waals surface area contributed by atoms with Crippen LogP contribution in [0.25, 0.3) is 11.4 Å². The van der Waals surface area contributed by atoms with Crippen LogP contribution in [0.4, 0.5) is 4.39 Å². The molecule has 1 heterocycles. The van der Waals surface area contributed by atoms with Gasteiger partial charge in [-0.1, -0.05) is 72.8 Å². The van der Waals surface area contributed by atoms with Gasteiger partial charge in [0.05, 0.1) is 0 Å². The van der Waals surface area contributed by atoms with Crippen LogP contribution in [0.2, 0.25) is 0 Å². The molecule has 0 amide bonds. The van der Waals surface area contributed by atoms with Crippen molar-refractivity contribution in [1.29, 1.82) is 0 Å². The number of rotatable bonds is 4. The van der Waals surface area contributed by atoms with Gasteiger partial charge in [-0.2, -0.15) is 4.80 Å². The lowest BCUT2D eigenvalue weighted by Gasteiger charge is -2.16. The van der Waals surface area contributed by atoms with Crippen molar-refractivity contribution in [2.45, 2.75) is 6.04 Å². The maximum absolute atomic E-state index is 13.5. The standard InChI is InChI=1S/C20H15FN4/c21-18-13-7-12-17(14-18)20-22-24-25(23-20)19(15-8-3-1-4-9-15)16-10-5-2-6-11-16/h1-14,19H. The molecule has 0 fully saturated rings. The highest BCUT2D eigenvalue weighted by Crippen LogP contribution is 2.26. The highest BCUT2D eigenvalue weighted by Gasteiger charge is 2.19. The molecule has 25 heavy (non-hydrogen) atoms. The SMILES string of the molecule is Fc1cccc(-c2nnn(C(c3ccccc3)c3ccccc3)n2)c1. The molecule has 0 N–H and O–H groups in total. The predicted molar refractivity (Wildman–Crippen MR) is 93.3 cm³/mol. The van der Waals surface area contributed by atoms with Crippen LogP contribution in [0, 0.1) is 5.82 Å². The minimum absolute atomic E-state index is 0.197. The van der Waals surface area contributed by atoms with Crippen LogP contribution in [0.1, 0.15) is 17.2 Å². The maximum Gasteiger partial charge on any atom is 0.205 e. The lowest BCUT2D eigenvalue weighted by molar-refractivity contribution is 0.505. The Hall–Kier alpha value is -3.34. The third kappa shape index (κ3) is 3.17. The van der Waals surface area contributed by atoms with Crippen molar-refractivity contribution >= 4 is 0 Å². The van der Waals surface area contributed by atoms with E-state index in [1.165, 1.54) is 12.1 Å². The van der Waals surface area contributed by atoms with Gasteiger partial charge in [-0.15, -0.1) is 10.2 Å². The minimum atomic E-state index is -0.323. The van der Waals surface area contributed by atoms with Gasteiger partial charge in [0, 0.05) is 5.56 Å². The fraction of sp³-hybridized carbons (Fsp3) is 0.0500. The second-order valence-corrected chi connectivity index (χ2v) is 5.67. The molecule has 0 radical (unpaired) electrons. The molecule has 3 aromatic carbocycles. The van der Waals surface area contributed by atoms with E-state index in [1.807, 2.05) is 60.7 Å². The Kier molecular flexibility index (Phi) is 4.04. The molecule has 0 bridgehead atoms. The van der Waals surface area contributed by atoms with Crippen LogP contribution in [0.5, 0.6) is 0 Å². The summed E-state index contributed by atoms with van der Waals surface area (Å²) in [6.45, 7) is 0. The van der Waals surface area contributed by atoms with E-state index < -0.39 is 0 Å². The van der Waals surface area contributed by atoms with Gasteiger partial charge in [0.1, 0.15) is 11.9 Å². The molecule has 0 aliphatic heterocycles. The van der Waals surface area contributed by atoms with E-state index in [2.05, 4.69) is 15.4 Å². The Labute approximate surface area is 144 Å². The maximum atomic E-state index is 13.5. The minimum Gasteiger partial charge on any atom is -0.207 e. The monoisotopic (exact) mass is 330 g/mol. The smallest absolute Gasteiger partial charge is 0.205 e. The van der Waals surface area contributed by atoms with Gasteiger partial charge in [-0.3, -0.25) is 0 Å². The first-order chi connectivity index (χ1) is 12.3. The molecule has 0 atom stereocenters. The Bertz CT molecular complexity index is 928. The highest BCUT2D eigenvalue weighted by atomic mass is 19.1. The van der Waals surface area contributed by atoms with Crippen molar-refractivity contribution in [3.05, 3.63) is 102 Å². The first kappa shape index (κ1) is 15.2. The molecule has 4 rings (SSSR count). The van der Waals surface area contributed by atoms with Crippen molar-refractivity contribution in [3.8, 4) is 11.4 Å². The number of hydrogen-bond donors (Lipinski definition) is 0. The third-order valence-corrected chi connectivity index (χ3v) is 3.97. The Morgan fingerprint density at radius 3 is 2.00 bits per heavy atom. The topological polar surface area (TPSA) is 43.6 Å². The summed E-state index contributed by atoms with van der Waals surface area (Å²) in [6, 6.07) is 26.0. The van der Waals surface area contributed by atoms with Crippen molar-refractivity contribution < 1.29 is 4.39 Å². The lowest BCUT2D eigenvalue weighted by Crippen LogP contribution is -2.15.